The normalized spacial score (nSPS) is 9.07. The van der Waals surface area contributed by atoms with Gasteiger partial charge in [0, 0.05) is 5.56 Å². The molecule has 0 aromatic heterocycles. The number of rotatable bonds is 3. The fourth-order valence-electron chi connectivity index (χ4n) is 1.07. The molecule has 0 fully saturated rings. The van der Waals surface area contributed by atoms with Crippen LogP contribution in [-0.4, -0.2) is 12.9 Å². The largest absolute Gasteiger partial charge is 0.497 e. The van der Waals surface area contributed by atoms with E-state index in [-0.39, 0.29) is 0 Å². The topological polar surface area (TPSA) is 73.9 Å². The minimum Gasteiger partial charge on any atom is -0.497 e. The van der Waals surface area contributed by atoms with Crippen molar-refractivity contribution in [2.75, 3.05) is 7.11 Å². The maximum atomic E-state index is 11.5. The van der Waals surface area contributed by atoms with Crippen LogP contribution in [0.5, 0.6) is 5.75 Å². The van der Waals surface area contributed by atoms with Gasteiger partial charge in [0.05, 0.1) is 19.2 Å². The molecule has 0 heterocycles. The van der Waals surface area contributed by atoms with Crippen molar-refractivity contribution in [2.24, 2.45) is 5.92 Å². The smallest absolute Gasteiger partial charge is 0.195 e. The van der Waals surface area contributed by atoms with E-state index in [2.05, 4.69) is 0 Å². The molecule has 1 aromatic rings. The summed E-state index contributed by atoms with van der Waals surface area (Å²) in [6.45, 7) is 0. The predicted molar refractivity (Wildman–Crippen MR) is 52.0 cm³/mol. The number of carbonyl (C=O) groups is 1. The number of hydrogen-bond acceptors (Lipinski definition) is 4. The molecule has 0 aliphatic rings. The van der Waals surface area contributed by atoms with Gasteiger partial charge in [-0.3, -0.25) is 4.79 Å². The van der Waals surface area contributed by atoms with Crippen molar-refractivity contribution in [3.8, 4) is 17.9 Å². The molecule has 0 N–H and O–H groups in total. The monoisotopic (exact) mass is 200 g/mol. The highest BCUT2D eigenvalue weighted by atomic mass is 16.5. The van der Waals surface area contributed by atoms with Crippen LogP contribution in [0.2, 0.25) is 0 Å². The van der Waals surface area contributed by atoms with Gasteiger partial charge in [-0.15, -0.1) is 0 Å². The van der Waals surface area contributed by atoms with Crippen LogP contribution in [-0.2, 0) is 0 Å². The van der Waals surface area contributed by atoms with Crippen molar-refractivity contribution in [1.82, 2.24) is 0 Å². The van der Waals surface area contributed by atoms with Crippen molar-refractivity contribution in [2.45, 2.75) is 0 Å². The van der Waals surface area contributed by atoms with Crippen LogP contribution >= 0.6 is 0 Å². The van der Waals surface area contributed by atoms with Crippen LogP contribution in [0.15, 0.2) is 24.3 Å². The van der Waals surface area contributed by atoms with Crippen molar-refractivity contribution < 1.29 is 9.53 Å². The Hall–Kier alpha value is -2.33. The third-order valence-corrected chi connectivity index (χ3v) is 1.89. The zero-order valence-electron chi connectivity index (χ0n) is 8.10. The molecule has 4 heteroatoms. The molecule has 0 aliphatic carbocycles. The van der Waals surface area contributed by atoms with E-state index in [9.17, 15) is 4.79 Å². The van der Waals surface area contributed by atoms with Crippen LogP contribution in [0.4, 0.5) is 0 Å². The second-order valence-corrected chi connectivity index (χ2v) is 2.78. The molecule has 0 radical (unpaired) electrons. The van der Waals surface area contributed by atoms with Crippen LogP contribution < -0.4 is 4.74 Å². The zero-order valence-corrected chi connectivity index (χ0v) is 8.10. The first-order valence-corrected chi connectivity index (χ1v) is 4.20. The van der Waals surface area contributed by atoms with Gasteiger partial charge in [0.25, 0.3) is 0 Å². The number of hydrogen-bond donors (Lipinski definition) is 0. The Kier molecular flexibility index (Phi) is 3.43. The lowest BCUT2D eigenvalue weighted by Crippen LogP contribution is -2.10. The first-order chi connectivity index (χ1) is 7.22. The van der Waals surface area contributed by atoms with E-state index in [4.69, 9.17) is 15.3 Å². The van der Waals surface area contributed by atoms with Gasteiger partial charge < -0.3 is 4.74 Å². The Morgan fingerprint density at radius 2 is 1.80 bits per heavy atom. The van der Waals surface area contributed by atoms with Crippen molar-refractivity contribution in [1.29, 1.82) is 10.5 Å². The second-order valence-electron chi connectivity index (χ2n) is 2.78. The molecule has 0 bridgehead atoms. The average Bonchev–Trinajstić information content (AvgIpc) is 2.30. The first kappa shape index (κ1) is 10.7. The number of ether oxygens (including phenoxy) is 1. The molecular weight excluding hydrogens is 192 g/mol. The minimum atomic E-state index is -1.24. The van der Waals surface area contributed by atoms with E-state index in [1.807, 2.05) is 0 Å². The number of benzene rings is 1. The molecule has 1 rings (SSSR count). The lowest BCUT2D eigenvalue weighted by atomic mass is 10.0. The van der Waals surface area contributed by atoms with E-state index >= 15 is 0 Å². The van der Waals surface area contributed by atoms with Crippen molar-refractivity contribution in [3.05, 3.63) is 29.8 Å². The number of Topliss-reactive ketones (excluding diaryl/α,β-unsaturated/α-hetero) is 1. The van der Waals surface area contributed by atoms with E-state index < -0.39 is 11.7 Å². The molecular formula is C11H8N2O2. The second kappa shape index (κ2) is 4.78. The molecule has 0 saturated heterocycles. The molecule has 0 saturated carbocycles. The molecule has 0 amide bonds. The highest BCUT2D eigenvalue weighted by Crippen LogP contribution is 2.14. The van der Waals surface area contributed by atoms with Crippen molar-refractivity contribution in [3.63, 3.8) is 0 Å². The third-order valence-electron chi connectivity index (χ3n) is 1.89. The summed E-state index contributed by atoms with van der Waals surface area (Å²) in [4.78, 5) is 11.5. The molecule has 74 valence electrons. The lowest BCUT2D eigenvalue weighted by Gasteiger charge is -2.02. The van der Waals surface area contributed by atoms with Gasteiger partial charge in [-0.25, -0.2) is 0 Å². The number of methoxy groups -OCH3 is 1. The summed E-state index contributed by atoms with van der Waals surface area (Å²) in [5, 5.41) is 17.1. The summed E-state index contributed by atoms with van der Waals surface area (Å²) in [7, 11) is 1.52. The number of nitriles is 2. The third kappa shape index (κ3) is 2.32. The first-order valence-electron chi connectivity index (χ1n) is 4.20. The Bertz CT molecular complexity index is 423. The summed E-state index contributed by atoms with van der Waals surface area (Å²) in [6.07, 6.45) is 0. The fourth-order valence-corrected chi connectivity index (χ4v) is 1.07. The van der Waals surface area contributed by atoms with Gasteiger partial charge in [-0.2, -0.15) is 10.5 Å². The summed E-state index contributed by atoms with van der Waals surface area (Å²) >= 11 is 0. The molecule has 0 atom stereocenters. The fraction of sp³-hybridized carbons (Fsp3) is 0.182. The van der Waals surface area contributed by atoms with Crippen molar-refractivity contribution >= 4 is 5.78 Å². The lowest BCUT2D eigenvalue weighted by molar-refractivity contribution is 0.0971. The number of nitrogens with zero attached hydrogens (tertiary/aromatic N) is 2. The van der Waals surface area contributed by atoms with E-state index in [1.165, 1.54) is 19.2 Å². The minimum absolute atomic E-state index is 0.337. The van der Waals surface area contributed by atoms with Gasteiger partial charge in [0.2, 0.25) is 0 Å². The van der Waals surface area contributed by atoms with Crippen LogP contribution in [0, 0.1) is 28.6 Å². The molecule has 4 nitrogen and oxygen atoms in total. The Balaban J connectivity index is 2.94. The predicted octanol–water partition coefficient (Wildman–Crippen LogP) is 1.54. The maximum Gasteiger partial charge on any atom is 0.195 e. The van der Waals surface area contributed by atoms with Crippen LogP contribution in [0.3, 0.4) is 0 Å². The highest BCUT2D eigenvalue weighted by Gasteiger charge is 2.18. The standard InChI is InChI=1S/C11H8N2O2/c1-15-10-4-2-8(3-5-10)11(14)9(6-12)7-13/h2-5,9H,1H3. The summed E-state index contributed by atoms with van der Waals surface area (Å²) < 4.78 is 4.92. The molecule has 0 spiro atoms. The quantitative estimate of drug-likeness (QED) is 0.693. The summed E-state index contributed by atoms with van der Waals surface area (Å²) in [5.74, 6) is -1.10. The Labute approximate surface area is 87.3 Å². The van der Waals surface area contributed by atoms with Gasteiger partial charge in [0.1, 0.15) is 5.75 Å². The average molecular weight is 200 g/mol. The molecule has 0 aliphatic heterocycles. The number of ketones is 1. The van der Waals surface area contributed by atoms with Gasteiger partial charge >= 0.3 is 0 Å². The molecule has 15 heavy (non-hydrogen) atoms. The van der Waals surface area contributed by atoms with E-state index in [0.717, 1.165) is 0 Å². The van der Waals surface area contributed by atoms with Gasteiger partial charge in [-0.1, -0.05) is 0 Å². The Morgan fingerprint density at radius 1 is 1.27 bits per heavy atom. The highest BCUT2D eigenvalue weighted by molar-refractivity contribution is 6.01. The van der Waals surface area contributed by atoms with Crippen LogP contribution in [0.25, 0.3) is 0 Å². The summed E-state index contributed by atoms with van der Waals surface area (Å²) in [5.41, 5.74) is 0.337. The number of carbonyl (C=O) groups excluding carboxylic acids is 1. The molecule has 0 unspecified atom stereocenters. The summed E-state index contributed by atoms with van der Waals surface area (Å²) in [6, 6.07) is 9.55. The zero-order chi connectivity index (χ0) is 11.3. The van der Waals surface area contributed by atoms with E-state index in [0.29, 0.717) is 11.3 Å². The van der Waals surface area contributed by atoms with Gasteiger partial charge in [0.15, 0.2) is 11.7 Å². The Morgan fingerprint density at radius 3 is 2.20 bits per heavy atom. The van der Waals surface area contributed by atoms with Crippen LogP contribution in [0.1, 0.15) is 10.4 Å². The molecule has 1 aromatic carbocycles. The maximum absolute atomic E-state index is 11.5. The SMILES string of the molecule is COc1ccc(C(=O)C(C#N)C#N)cc1. The van der Waals surface area contributed by atoms with E-state index in [1.54, 1.807) is 24.3 Å². The van der Waals surface area contributed by atoms with Gasteiger partial charge in [-0.05, 0) is 24.3 Å².